The lowest BCUT2D eigenvalue weighted by atomic mass is 10.1. The molecule has 1 aromatic heterocycles. The van der Waals surface area contributed by atoms with Crippen LogP contribution in [0.25, 0.3) is 0 Å². The molecule has 0 aliphatic carbocycles. The van der Waals surface area contributed by atoms with E-state index in [0.29, 0.717) is 21.5 Å². The number of thioether (sulfide) groups is 1. The smallest absolute Gasteiger partial charge is 0.240 e. The number of nitrogens with one attached hydrogen (secondary N) is 1. The summed E-state index contributed by atoms with van der Waals surface area (Å²) in [5.74, 6) is -0.176. The van der Waals surface area contributed by atoms with Crippen molar-refractivity contribution in [3.8, 4) is 0 Å². The minimum Gasteiger partial charge on any atom is -0.449 e. The topological polar surface area (TPSA) is 59.3 Å². The molecule has 2 aromatic carbocycles. The summed E-state index contributed by atoms with van der Waals surface area (Å²) in [5, 5.41) is 2.73. The molecule has 0 spiro atoms. The highest BCUT2D eigenvalue weighted by Gasteiger charge is 2.25. The molecular weight excluding hydrogens is 405 g/mol. The average molecular weight is 420 g/mol. The normalized spacial score (nSPS) is 11.8. The van der Waals surface area contributed by atoms with Crippen LogP contribution < -0.4 is 5.32 Å². The van der Waals surface area contributed by atoms with E-state index in [4.69, 9.17) is 27.6 Å². The first-order valence-corrected chi connectivity index (χ1v) is 9.71. The molecule has 0 aliphatic rings. The molecular formula is C20H15Cl2NO3S. The molecule has 0 radical (unpaired) electrons. The number of Topliss-reactive ketones (excluding diaryl/α,β-unsaturated/α-hetero) is 1. The Balaban J connectivity index is 1.78. The van der Waals surface area contributed by atoms with Crippen molar-refractivity contribution in [3.05, 3.63) is 82.5 Å². The van der Waals surface area contributed by atoms with E-state index in [9.17, 15) is 9.59 Å². The Morgan fingerprint density at radius 3 is 2.44 bits per heavy atom. The second-order valence-electron chi connectivity index (χ2n) is 5.64. The van der Waals surface area contributed by atoms with E-state index in [1.54, 1.807) is 24.3 Å². The Morgan fingerprint density at radius 2 is 1.78 bits per heavy atom. The summed E-state index contributed by atoms with van der Waals surface area (Å²) in [6, 6.07) is 17.4. The van der Waals surface area contributed by atoms with Gasteiger partial charge in [0.15, 0.2) is 11.7 Å². The lowest BCUT2D eigenvalue weighted by Gasteiger charge is -2.15. The molecule has 138 valence electrons. The van der Waals surface area contributed by atoms with Crippen molar-refractivity contribution >= 4 is 52.5 Å². The second kappa shape index (κ2) is 9.13. The molecule has 0 saturated carbocycles. The molecule has 0 bridgehead atoms. The van der Waals surface area contributed by atoms with Gasteiger partial charge >= 0.3 is 0 Å². The van der Waals surface area contributed by atoms with Gasteiger partial charge in [-0.2, -0.15) is 0 Å². The molecule has 27 heavy (non-hydrogen) atoms. The lowest BCUT2D eigenvalue weighted by Crippen LogP contribution is -2.27. The van der Waals surface area contributed by atoms with Crippen molar-refractivity contribution < 1.29 is 14.0 Å². The van der Waals surface area contributed by atoms with Gasteiger partial charge in [0.25, 0.3) is 0 Å². The number of hydrogen-bond acceptors (Lipinski definition) is 4. The quantitative estimate of drug-likeness (QED) is 0.379. The molecule has 4 nitrogen and oxygen atoms in total. The van der Waals surface area contributed by atoms with Crippen LogP contribution in [0.2, 0.25) is 10.0 Å². The molecule has 1 amide bonds. The first-order valence-electron chi connectivity index (χ1n) is 8.07. The van der Waals surface area contributed by atoms with Crippen LogP contribution in [-0.4, -0.2) is 16.9 Å². The van der Waals surface area contributed by atoms with Gasteiger partial charge in [-0.3, -0.25) is 14.9 Å². The highest BCUT2D eigenvalue weighted by molar-refractivity contribution is 8.00. The van der Waals surface area contributed by atoms with E-state index in [1.165, 1.54) is 24.1 Å². The third-order valence-electron chi connectivity index (χ3n) is 3.69. The number of amides is 1. The summed E-state index contributed by atoms with van der Waals surface area (Å²) >= 11 is 13.2. The van der Waals surface area contributed by atoms with E-state index in [0.717, 1.165) is 4.90 Å². The number of rotatable bonds is 7. The molecule has 3 aromatic rings. The zero-order valence-corrected chi connectivity index (χ0v) is 16.4. The predicted molar refractivity (Wildman–Crippen MR) is 109 cm³/mol. The Labute approximate surface area is 170 Å². The highest BCUT2D eigenvalue weighted by atomic mass is 35.5. The number of ketones is 1. The monoisotopic (exact) mass is 419 g/mol. The molecule has 0 aliphatic heterocycles. The highest BCUT2D eigenvalue weighted by Crippen LogP contribution is 2.29. The Bertz CT molecular complexity index is 930. The Kier molecular flexibility index (Phi) is 6.61. The van der Waals surface area contributed by atoms with Gasteiger partial charge in [-0.1, -0.05) is 41.4 Å². The molecule has 1 N–H and O–H groups in total. The van der Waals surface area contributed by atoms with Gasteiger partial charge in [-0.25, -0.2) is 0 Å². The van der Waals surface area contributed by atoms with E-state index in [2.05, 4.69) is 5.32 Å². The Morgan fingerprint density at radius 1 is 1.00 bits per heavy atom. The van der Waals surface area contributed by atoms with Crippen LogP contribution in [-0.2, 0) is 4.79 Å². The van der Waals surface area contributed by atoms with Gasteiger partial charge in [0.2, 0.25) is 5.91 Å². The van der Waals surface area contributed by atoms with Crippen LogP contribution in [0.3, 0.4) is 0 Å². The summed E-state index contributed by atoms with van der Waals surface area (Å²) in [4.78, 5) is 26.3. The molecule has 1 unspecified atom stereocenters. The molecule has 7 heteroatoms. The fourth-order valence-electron chi connectivity index (χ4n) is 2.36. The van der Waals surface area contributed by atoms with Crippen molar-refractivity contribution in [2.24, 2.45) is 0 Å². The van der Waals surface area contributed by atoms with Crippen molar-refractivity contribution in [1.29, 1.82) is 0 Å². The fraction of sp³-hybridized carbons (Fsp3) is 0.100. The third kappa shape index (κ3) is 5.39. The van der Waals surface area contributed by atoms with Crippen LogP contribution in [0, 0.1) is 0 Å². The number of carbonyl (C=O) groups excluding carboxylic acids is 2. The number of hydrogen-bond donors (Lipinski definition) is 1. The lowest BCUT2D eigenvalue weighted by molar-refractivity contribution is -0.115. The van der Waals surface area contributed by atoms with Gasteiger partial charge in [0.1, 0.15) is 0 Å². The van der Waals surface area contributed by atoms with E-state index in [1.807, 2.05) is 30.3 Å². The average Bonchev–Trinajstić information content (AvgIpc) is 3.17. The van der Waals surface area contributed by atoms with Gasteiger partial charge < -0.3 is 4.42 Å². The summed E-state index contributed by atoms with van der Waals surface area (Å²) in [5.41, 5.74) is 0.411. The number of halogens is 2. The Hall–Kier alpha value is -2.21. The number of furan rings is 1. The van der Waals surface area contributed by atoms with Crippen molar-refractivity contribution in [3.63, 3.8) is 0 Å². The second-order valence-corrected chi connectivity index (χ2v) is 7.73. The number of anilines is 1. The van der Waals surface area contributed by atoms with Crippen LogP contribution in [0.5, 0.6) is 0 Å². The zero-order chi connectivity index (χ0) is 19.2. The molecule has 0 fully saturated rings. The number of benzene rings is 2. The van der Waals surface area contributed by atoms with E-state index in [-0.39, 0.29) is 18.1 Å². The van der Waals surface area contributed by atoms with Crippen molar-refractivity contribution in [2.45, 2.75) is 16.6 Å². The van der Waals surface area contributed by atoms with Crippen molar-refractivity contribution in [1.82, 2.24) is 0 Å². The first kappa shape index (κ1) is 19.5. The van der Waals surface area contributed by atoms with Gasteiger partial charge in [0, 0.05) is 22.9 Å². The largest absolute Gasteiger partial charge is 0.449 e. The van der Waals surface area contributed by atoms with Crippen molar-refractivity contribution in [2.75, 3.05) is 5.32 Å². The van der Waals surface area contributed by atoms with E-state index < -0.39 is 5.25 Å². The van der Waals surface area contributed by atoms with Crippen LogP contribution in [0.1, 0.15) is 16.8 Å². The summed E-state index contributed by atoms with van der Waals surface area (Å²) in [6.45, 7) is 0. The number of carbonyl (C=O) groups is 2. The molecule has 3 rings (SSSR count). The maximum Gasteiger partial charge on any atom is 0.240 e. The van der Waals surface area contributed by atoms with Crippen LogP contribution in [0.15, 0.2) is 76.2 Å². The molecule has 1 heterocycles. The van der Waals surface area contributed by atoms with Crippen LogP contribution in [0.4, 0.5) is 5.88 Å². The molecule has 1 atom stereocenters. The minimum absolute atomic E-state index is 0.00403. The van der Waals surface area contributed by atoms with Gasteiger partial charge in [-0.15, -0.1) is 11.8 Å². The zero-order valence-electron chi connectivity index (χ0n) is 14.0. The summed E-state index contributed by atoms with van der Waals surface area (Å²) < 4.78 is 5.16. The van der Waals surface area contributed by atoms with Gasteiger partial charge in [0.05, 0.1) is 21.6 Å². The maximum absolute atomic E-state index is 12.7. The minimum atomic E-state index is -0.639. The van der Waals surface area contributed by atoms with E-state index >= 15 is 0 Å². The standard InChI is InChI=1S/C20H15Cl2NO3S/c21-15-9-8-13(11-16(15)22)17(24)12-18(27-14-5-2-1-3-6-14)20(25)23-19-7-4-10-26-19/h1-11,18H,12H2,(H,23,25). The van der Waals surface area contributed by atoms with Crippen LogP contribution >= 0.6 is 35.0 Å². The predicted octanol–water partition coefficient (Wildman–Crippen LogP) is 5.96. The summed E-state index contributed by atoms with van der Waals surface area (Å²) in [7, 11) is 0. The maximum atomic E-state index is 12.7. The van der Waals surface area contributed by atoms with Gasteiger partial charge in [-0.05, 0) is 36.4 Å². The fourth-order valence-corrected chi connectivity index (χ4v) is 3.70. The molecule has 0 saturated heterocycles. The SMILES string of the molecule is O=C(CC(Sc1ccccc1)C(=O)Nc1ccco1)c1ccc(Cl)c(Cl)c1. The summed E-state index contributed by atoms with van der Waals surface area (Å²) in [6.07, 6.45) is 1.47. The third-order valence-corrected chi connectivity index (χ3v) is 5.64. The first-order chi connectivity index (χ1) is 13.0.